The summed E-state index contributed by atoms with van der Waals surface area (Å²) in [5.74, 6) is 1.80. The Hall–Kier alpha value is -0.910. The first-order valence-electron chi connectivity index (χ1n) is 14.2. The third-order valence-electron chi connectivity index (χ3n) is 13.7. The van der Waals surface area contributed by atoms with Gasteiger partial charge < -0.3 is 20.1 Å². The van der Waals surface area contributed by atoms with Crippen LogP contribution in [0.2, 0.25) is 0 Å². The number of aliphatic hydroxyl groups is 3. The number of carbonyl (C=O) groups is 1. The third-order valence-corrected chi connectivity index (χ3v) is 13.7. The molecule has 5 heteroatoms. The van der Waals surface area contributed by atoms with Crippen LogP contribution in [0.1, 0.15) is 86.0 Å². The van der Waals surface area contributed by atoms with E-state index in [9.17, 15) is 20.1 Å². The molecule has 35 heavy (non-hydrogen) atoms. The van der Waals surface area contributed by atoms with Gasteiger partial charge in [-0.25, -0.2) is 0 Å². The van der Waals surface area contributed by atoms with Crippen LogP contribution in [0.25, 0.3) is 0 Å². The molecule has 7 rings (SSSR count). The quantitative estimate of drug-likeness (QED) is 0.376. The fourth-order valence-corrected chi connectivity index (χ4v) is 11.5. The lowest BCUT2D eigenvalue weighted by molar-refractivity contribution is -0.243. The fraction of sp³-hybridized carbons (Fsp3) is 0.900. The fourth-order valence-electron chi connectivity index (χ4n) is 11.5. The van der Waals surface area contributed by atoms with Gasteiger partial charge in [0.05, 0.1) is 30.8 Å². The van der Waals surface area contributed by atoms with Gasteiger partial charge in [0.25, 0.3) is 0 Å². The maximum atomic E-state index is 13.4. The van der Waals surface area contributed by atoms with Gasteiger partial charge in [0.1, 0.15) is 0 Å². The van der Waals surface area contributed by atoms with Crippen LogP contribution in [0.5, 0.6) is 0 Å². The van der Waals surface area contributed by atoms with E-state index in [1.165, 1.54) is 5.57 Å². The second-order valence-corrected chi connectivity index (χ2v) is 14.6. The number of rotatable bonds is 1. The highest BCUT2D eigenvalue weighted by Crippen LogP contribution is 2.76. The monoisotopic (exact) mass is 486 g/mol. The summed E-state index contributed by atoms with van der Waals surface area (Å²) in [4.78, 5) is 13.4. The molecule has 6 fully saturated rings. The highest BCUT2D eigenvalue weighted by molar-refractivity contribution is 5.79. The topological polar surface area (TPSA) is 87.0 Å². The van der Waals surface area contributed by atoms with Gasteiger partial charge in [0.15, 0.2) is 0 Å². The maximum Gasteiger partial charge on any atom is 0.312 e. The summed E-state index contributed by atoms with van der Waals surface area (Å²) < 4.78 is 5.87. The Labute approximate surface area is 210 Å². The molecule has 0 aromatic heterocycles. The number of aliphatic hydroxyl groups excluding tert-OH is 3. The summed E-state index contributed by atoms with van der Waals surface area (Å²) in [6, 6.07) is 0. The molecule has 7 aliphatic rings. The van der Waals surface area contributed by atoms with Gasteiger partial charge in [-0.15, -0.1) is 0 Å². The Morgan fingerprint density at radius 3 is 2.49 bits per heavy atom. The van der Waals surface area contributed by atoms with Crippen molar-refractivity contribution >= 4 is 5.97 Å². The Morgan fingerprint density at radius 2 is 1.77 bits per heavy atom. The largest absolute Gasteiger partial charge is 0.465 e. The summed E-state index contributed by atoms with van der Waals surface area (Å²) in [5.41, 5.74) is 0.404. The molecule has 0 radical (unpaired) electrons. The molecule has 5 aliphatic carbocycles. The first-order valence-corrected chi connectivity index (χ1v) is 14.2. The lowest BCUT2D eigenvalue weighted by Gasteiger charge is -2.71. The number of hydrogen-bond donors (Lipinski definition) is 3. The average molecular weight is 487 g/mol. The lowest BCUT2D eigenvalue weighted by Crippen LogP contribution is -2.68. The molecule has 2 bridgehead atoms. The minimum atomic E-state index is -0.886. The predicted octanol–water partition coefficient (Wildman–Crippen LogP) is 4.49. The number of fused-ring (bicyclic) bond motifs is 8. The summed E-state index contributed by atoms with van der Waals surface area (Å²) in [7, 11) is 0. The van der Waals surface area contributed by atoms with Gasteiger partial charge in [0.2, 0.25) is 0 Å². The molecule has 5 nitrogen and oxygen atoms in total. The van der Waals surface area contributed by atoms with Gasteiger partial charge in [-0.05, 0) is 97.2 Å². The lowest BCUT2D eigenvalue weighted by atomic mass is 9.33. The molecule has 12 atom stereocenters. The second-order valence-electron chi connectivity index (χ2n) is 14.6. The summed E-state index contributed by atoms with van der Waals surface area (Å²) in [6.07, 6.45) is 8.39. The van der Waals surface area contributed by atoms with Crippen molar-refractivity contribution < 1.29 is 24.9 Å². The summed E-state index contributed by atoms with van der Waals surface area (Å²) in [6.45, 7) is 12.2. The van der Waals surface area contributed by atoms with Crippen LogP contribution in [-0.2, 0) is 9.53 Å². The van der Waals surface area contributed by atoms with E-state index in [0.29, 0.717) is 30.8 Å². The summed E-state index contributed by atoms with van der Waals surface area (Å²) >= 11 is 0. The van der Waals surface area contributed by atoms with Gasteiger partial charge in [-0.2, -0.15) is 0 Å². The molecule has 3 N–H and O–H groups in total. The second kappa shape index (κ2) is 7.35. The van der Waals surface area contributed by atoms with Crippen LogP contribution in [0.3, 0.4) is 0 Å². The van der Waals surface area contributed by atoms with Crippen molar-refractivity contribution in [1.29, 1.82) is 0 Å². The highest BCUT2D eigenvalue weighted by Gasteiger charge is 2.71. The van der Waals surface area contributed by atoms with Crippen molar-refractivity contribution in [2.75, 3.05) is 13.2 Å². The smallest absolute Gasteiger partial charge is 0.312 e. The Kier molecular flexibility index (Phi) is 5.13. The van der Waals surface area contributed by atoms with E-state index in [-0.39, 0.29) is 46.1 Å². The predicted molar refractivity (Wildman–Crippen MR) is 133 cm³/mol. The number of carbonyl (C=O) groups excluding carboxylic acids is 1. The van der Waals surface area contributed by atoms with Crippen LogP contribution in [0, 0.1) is 56.7 Å². The third kappa shape index (κ3) is 2.69. The van der Waals surface area contributed by atoms with E-state index in [0.717, 1.165) is 44.9 Å². The van der Waals surface area contributed by atoms with E-state index in [1.54, 1.807) is 0 Å². The van der Waals surface area contributed by atoms with Crippen LogP contribution >= 0.6 is 0 Å². The molecular formula is C30H46O5. The van der Waals surface area contributed by atoms with Crippen LogP contribution < -0.4 is 0 Å². The minimum absolute atomic E-state index is 0.00939. The summed E-state index contributed by atoms with van der Waals surface area (Å²) in [5, 5.41) is 32.4. The molecule has 0 aromatic rings. The Balaban J connectivity index is 1.46. The van der Waals surface area contributed by atoms with Gasteiger partial charge in [0, 0.05) is 5.41 Å². The van der Waals surface area contributed by atoms with Crippen molar-refractivity contribution in [3.8, 4) is 0 Å². The van der Waals surface area contributed by atoms with Crippen molar-refractivity contribution in [2.45, 2.75) is 98.2 Å². The van der Waals surface area contributed by atoms with Gasteiger partial charge in [-0.3, -0.25) is 4.79 Å². The normalized spacial score (nSPS) is 59.3. The average Bonchev–Trinajstić information content (AvgIpc) is 3.03. The van der Waals surface area contributed by atoms with E-state index in [4.69, 9.17) is 4.74 Å². The molecule has 2 saturated heterocycles. The molecule has 0 amide bonds. The molecule has 4 saturated carbocycles. The molecular weight excluding hydrogens is 440 g/mol. The maximum absolute atomic E-state index is 13.4. The molecule has 2 aliphatic heterocycles. The van der Waals surface area contributed by atoms with Crippen LogP contribution in [-0.4, -0.2) is 46.7 Å². The highest BCUT2D eigenvalue weighted by atomic mass is 16.5. The van der Waals surface area contributed by atoms with E-state index in [2.05, 4.69) is 33.8 Å². The van der Waals surface area contributed by atoms with E-state index < -0.39 is 17.6 Å². The van der Waals surface area contributed by atoms with Gasteiger partial charge >= 0.3 is 5.97 Å². The first kappa shape index (κ1) is 24.4. The van der Waals surface area contributed by atoms with E-state index >= 15 is 0 Å². The Morgan fingerprint density at radius 1 is 1.03 bits per heavy atom. The zero-order valence-electron chi connectivity index (χ0n) is 22.3. The van der Waals surface area contributed by atoms with Crippen molar-refractivity contribution in [2.24, 2.45) is 56.7 Å². The zero-order valence-corrected chi connectivity index (χ0v) is 22.3. The van der Waals surface area contributed by atoms with Crippen molar-refractivity contribution in [1.82, 2.24) is 0 Å². The zero-order chi connectivity index (χ0) is 25.2. The van der Waals surface area contributed by atoms with Crippen molar-refractivity contribution in [3.05, 3.63) is 11.6 Å². The van der Waals surface area contributed by atoms with E-state index in [1.807, 2.05) is 6.92 Å². The minimum Gasteiger partial charge on any atom is -0.465 e. The van der Waals surface area contributed by atoms with Crippen LogP contribution in [0.15, 0.2) is 11.6 Å². The number of allylic oxidation sites excluding steroid dienone is 2. The van der Waals surface area contributed by atoms with Crippen LogP contribution in [0.4, 0.5) is 0 Å². The standard InChI is InChI=1S/C30H46O5/c1-17-18-8-11-30(25(34)35-15-18)13-12-28(4)19(23(17)30)6-7-22-26(2)14-20(32)24(33)27(3,16-31)21(26)9-10-29(22,28)5/h6,17-18,20-24,31-33H,7-16H2,1-5H3/t17-,18-,20+,21?,22+,23-,24-,26-,27?,28+,29+,30-/m0/s1. The molecule has 196 valence electrons. The Bertz CT molecular complexity index is 960. The molecule has 1 spiro atoms. The van der Waals surface area contributed by atoms with Crippen molar-refractivity contribution in [3.63, 3.8) is 0 Å². The number of hydrogen-bond acceptors (Lipinski definition) is 5. The molecule has 0 aromatic carbocycles. The molecule has 2 heterocycles. The first-order chi connectivity index (χ1) is 16.4. The molecule has 2 unspecified atom stereocenters. The number of esters is 1. The number of ether oxygens (including phenoxy) is 1. The SMILES string of the molecule is C[C@H]1[C@H]2CC[C@@]3(CC[C@]4(C)C(=CC[C@@H]5[C@@]6(C)C[C@@H](O)[C@H](O)C(C)(CO)C6CC[C@]54C)[C@H]13)C(=O)OC2. The van der Waals surface area contributed by atoms with Gasteiger partial charge in [-0.1, -0.05) is 46.3 Å².